The number of aromatic nitrogens is 2. The van der Waals surface area contributed by atoms with Crippen LogP contribution in [0.15, 0.2) is 48.8 Å². The van der Waals surface area contributed by atoms with E-state index in [0.29, 0.717) is 6.54 Å². The molecule has 0 spiro atoms. The number of nitrogens with one attached hydrogen (secondary N) is 1. The van der Waals surface area contributed by atoms with E-state index in [2.05, 4.69) is 10.4 Å². The van der Waals surface area contributed by atoms with Crippen molar-refractivity contribution in [3.8, 4) is 11.5 Å². The SMILES string of the molecule is COc1ccc(OC)c(NCc2cnn3ccccc23)c1. The molecule has 5 heteroatoms. The van der Waals surface area contributed by atoms with Crippen molar-refractivity contribution in [2.45, 2.75) is 6.54 Å². The Hall–Kier alpha value is -2.69. The smallest absolute Gasteiger partial charge is 0.142 e. The molecule has 108 valence electrons. The second-order valence-electron chi connectivity index (χ2n) is 4.62. The number of fused-ring (bicyclic) bond motifs is 1. The molecule has 5 nitrogen and oxygen atoms in total. The lowest BCUT2D eigenvalue weighted by Gasteiger charge is -2.12. The largest absolute Gasteiger partial charge is 0.497 e. The predicted molar refractivity (Wildman–Crippen MR) is 82.1 cm³/mol. The van der Waals surface area contributed by atoms with E-state index in [1.807, 2.05) is 53.3 Å². The van der Waals surface area contributed by atoms with E-state index in [4.69, 9.17) is 9.47 Å². The summed E-state index contributed by atoms with van der Waals surface area (Å²) in [5.41, 5.74) is 3.11. The molecule has 3 aromatic rings. The fourth-order valence-corrected chi connectivity index (χ4v) is 2.27. The molecule has 0 bridgehead atoms. The third-order valence-electron chi connectivity index (χ3n) is 3.38. The summed E-state index contributed by atoms with van der Waals surface area (Å²) < 4.78 is 12.5. The van der Waals surface area contributed by atoms with Gasteiger partial charge in [-0.15, -0.1) is 0 Å². The molecule has 0 aliphatic carbocycles. The Bertz CT molecular complexity index is 752. The maximum Gasteiger partial charge on any atom is 0.142 e. The molecule has 0 radical (unpaired) electrons. The third-order valence-corrected chi connectivity index (χ3v) is 3.38. The lowest BCUT2D eigenvalue weighted by atomic mass is 10.2. The van der Waals surface area contributed by atoms with Crippen LogP contribution in [-0.4, -0.2) is 23.8 Å². The van der Waals surface area contributed by atoms with Crippen LogP contribution in [-0.2, 0) is 6.54 Å². The number of anilines is 1. The highest BCUT2D eigenvalue weighted by atomic mass is 16.5. The van der Waals surface area contributed by atoms with Gasteiger partial charge >= 0.3 is 0 Å². The van der Waals surface area contributed by atoms with Gasteiger partial charge < -0.3 is 14.8 Å². The van der Waals surface area contributed by atoms with Gasteiger partial charge in [0.05, 0.1) is 31.6 Å². The van der Waals surface area contributed by atoms with Crippen molar-refractivity contribution < 1.29 is 9.47 Å². The Morgan fingerprint density at radius 3 is 2.86 bits per heavy atom. The van der Waals surface area contributed by atoms with Gasteiger partial charge in [0, 0.05) is 24.4 Å². The number of hydrogen-bond acceptors (Lipinski definition) is 4. The van der Waals surface area contributed by atoms with E-state index in [0.717, 1.165) is 28.3 Å². The molecule has 2 aromatic heterocycles. The average Bonchev–Trinajstić information content (AvgIpc) is 2.96. The van der Waals surface area contributed by atoms with Crippen LogP contribution in [0.3, 0.4) is 0 Å². The summed E-state index contributed by atoms with van der Waals surface area (Å²) in [6, 6.07) is 11.7. The Morgan fingerprint density at radius 2 is 2.05 bits per heavy atom. The summed E-state index contributed by atoms with van der Waals surface area (Å²) in [6.07, 6.45) is 3.81. The minimum atomic E-state index is 0.664. The van der Waals surface area contributed by atoms with Crippen molar-refractivity contribution in [3.63, 3.8) is 0 Å². The van der Waals surface area contributed by atoms with Gasteiger partial charge in [-0.1, -0.05) is 6.07 Å². The average molecular weight is 283 g/mol. The van der Waals surface area contributed by atoms with Crippen LogP contribution in [0.25, 0.3) is 5.52 Å². The Labute approximate surface area is 123 Å². The zero-order chi connectivity index (χ0) is 14.7. The number of benzene rings is 1. The summed E-state index contributed by atoms with van der Waals surface area (Å²) in [5, 5.41) is 7.70. The maximum absolute atomic E-state index is 5.36. The summed E-state index contributed by atoms with van der Waals surface area (Å²) in [4.78, 5) is 0. The zero-order valence-corrected chi connectivity index (χ0v) is 12.0. The molecular formula is C16H17N3O2. The summed E-state index contributed by atoms with van der Waals surface area (Å²) >= 11 is 0. The fraction of sp³-hybridized carbons (Fsp3) is 0.188. The number of rotatable bonds is 5. The first-order valence-electron chi connectivity index (χ1n) is 6.69. The zero-order valence-electron chi connectivity index (χ0n) is 12.0. The molecule has 0 fully saturated rings. The molecule has 0 aliphatic heterocycles. The molecule has 0 amide bonds. The standard InChI is InChI=1S/C16H17N3O2/c1-20-13-6-7-16(21-2)14(9-13)17-10-12-11-18-19-8-4-3-5-15(12)19/h3-9,11,17H,10H2,1-2H3. The van der Waals surface area contributed by atoms with Crippen molar-refractivity contribution in [1.82, 2.24) is 9.61 Å². The van der Waals surface area contributed by atoms with Crippen LogP contribution in [0.1, 0.15) is 5.56 Å². The van der Waals surface area contributed by atoms with Crippen molar-refractivity contribution in [2.24, 2.45) is 0 Å². The van der Waals surface area contributed by atoms with Crippen LogP contribution in [0.4, 0.5) is 5.69 Å². The first-order valence-corrected chi connectivity index (χ1v) is 6.69. The van der Waals surface area contributed by atoms with Crippen molar-refractivity contribution >= 4 is 11.2 Å². The first kappa shape index (κ1) is 13.3. The summed E-state index contributed by atoms with van der Waals surface area (Å²) in [5.74, 6) is 1.57. The predicted octanol–water partition coefficient (Wildman–Crippen LogP) is 2.96. The normalized spacial score (nSPS) is 10.6. The molecular weight excluding hydrogens is 266 g/mol. The number of nitrogens with zero attached hydrogens (tertiary/aromatic N) is 2. The third kappa shape index (κ3) is 2.63. The van der Waals surface area contributed by atoms with E-state index in [-0.39, 0.29) is 0 Å². The summed E-state index contributed by atoms with van der Waals surface area (Å²) in [6.45, 7) is 0.664. The molecule has 21 heavy (non-hydrogen) atoms. The summed E-state index contributed by atoms with van der Waals surface area (Å²) in [7, 11) is 3.30. The molecule has 0 atom stereocenters. The Balaban J connectivity index is 1.84. The minimum Gasteiger partial charge on any atom is -0.497 e. The number of pyridine rings is 1. The molecule has 0 unspecified atom stereocenters. The molecule has 1 N–H and O–H groups in total. The quantitative estimate of drug-likeness (QED) is 0.782. The molecule has 0 saturated carbocycles. The van der Waals surface area contributed by atoms with E-state index in [1.165, 1.54) is 0 Å². The van der Waals surface area contributed by atoms with Crippen LogP contribution in [0.5, 0.6) is 11.5 Å². The highest BCUT2D eigenvalue weighted by Crippen LogP contribution is 2.29. The number of methoxy groups -OCH3 is 2. The van der Waals surface area contributed by atoms with Gasteiger partial charge in [-0.25, -0.2) is 4.52 Å². The van der Waals surface area contributed by atoms with Gasteiger partial charge in [0.2, 0.25) is 0 Å². The van der Waals surface area contributed by atoms with E-state index in [9.17, 15) is 0 Å². The van der Waals surface area contributed by atoms with Crippen LogP contribution >= 0.6 is 0 Å². The molecule has 3 rings (SSSR count). The van der Waals surface area contributed by atoms with Crippen LogP contribution in [0.2, 0.25) is 0 Å². The van der Waals surface area contributed by atoms with Gasteiger partial charge in [-0.3, -0.25) is 0 Å². The first-order chi connectivity index (χ1) is 10.3. The second-order valence-corrected chi connectivity index (χ2v) is 4.62. The Morgan fingerprint density at radius 1 is 1.14 bits per heavy atom. The molecule has 0 aliphatic rings. The van der Waals surface area contributed by atoms with Gasteiger partial charge in [0.25, 0.3) is 0 Å². The van der Waals surface area contributed by atoms with Crippen molar-refractivity contribution in [1.29, 1.82) is 0 Å². The lowest BCUT2D eigenvalue weighted by Crippen LogP contribution is -2.01. The Kier molecular flexibility index (Phi) is 3.64. The van der Waals surface area contributed by atoms with Gasteiger partial charge in [-0.2, -0.15) is 5.10 Å². The highest BCUT2D eigenvalue weighted by molar-refractivity contribution is 5.61. The van der Waals surface area contributed by atoms with Gasteiger partial charge in [-0.05, 0) is 24.3 Å². The monoisotopic (exact) mass is 283 g/mol. The molecule has 2 heterocycles. The van der Waals surface area contributed by atoms with Crippen LogP contribution < -0.4 is 14.8 Å². The van der Waals surface area contributed by atoms with E-state index >= 15 is 0 Å². The van der Waals surface area contributed by atoms with Gasteiger partial charge in [0.1, 0.15) is 11.5 Å². The maximum atomic E-state index is 5.36. The number of ether oxygens (including phenoxy) is 2. The van der Waals surface area contributed by atoms with E-state index in [1.54, 1.807) is 14.2 Å². The van der Waals surface area contributed by atoms with Crippen molar-refractivity contribution in [3.05, 3.63) is 54.4 Å². The molecule has 1 aromatic carbocycles. The van der Waals surface area contributed by atoms with Gasteiger partial charge in [0.15, 0.2) is 0 Å². The van der Waals surface area contributed by atoms with Crippen LogP contribution in [0, 0.1) is 0 Å². The van der Waals surface area contributed by atoms with Crippen molar-refractivity contribution in [2.75, 3.05) is 19.5 Å². The lowest BCUT2D eigenvalue weighted by molar-refractivity contribution is 0.404. The highest BCUT2D eigenvalue weighted by Gasteiger charge is 2.07. The topological polar surface area (TPSA) is 47.8 Å². The number of hydrogen-bond donors (Lipinski definition) is 1. The fourth-order valence-electron chi connectivity index (χ4n) is 2.27. The van der Waals surface area contributed by atoms with E-state index < -0.39 is 0 Å². The molecule has 0 saturated heterocycles. The second kappa shape index (κ2) is 5.75. The minimum absolute atomic E-state index is 0.664.